The first kappa shape index (κ1) is 18.8. The molecule has 0 aliphatic carbocycles. The fourth-order valence-electron chi connectivity index (χ4n) is 2.97. The maximum absolute atomic E-state index is 13.9. The van der Waals surface area contributed by atoms with Crippen LogP contribution in [0.2, 0.25) is 0 Å². The molecule has 4 aromatic rings. The fraction of sp³-hybridized carbons (Fsp3) is 0.150. The first-order chi connectivity index (χ1) is 14.1. The molecule has 4 rings (SSSR count). The number of carbonyl (C=O) groups is 1. The zero-order valence-electron chi connectivity index (χ0n) is 15.2. The number of hydrogen-bond donors (Lipinski definition) is 4. The summed E-state index contributed by atoms with van der Waals surface area (Å²) in [6.45, 7) is -0.362. The van der Waals surface area contributed by atoms with Crippen molar-refractivity contribution < 1.29 is 19.4 Å². The summed E-state index contributed by atoms with van der Waals surface area (Å²) in [5.74, 6) is -0.112. The summed E-state index contributed by atoms with van der Waals surface area (Å²) in [6, 6.07) is 12.8. The molecule has 29 heavy (non-hydrogen) atoms. The molecular formula is C20H18FN5O3. The second-order valence-corrected chi connectivity index (χ2v) is 6.43. The lowest BCUT2D eigenvalue weighted by Crippen LogP contribution is -2.23. The number of halogens is 1. The third-order valence-electron chi connectivity index (χ3n) is 4.38. The Morgan fingerprint density at radius 2 is 2.00 bits per heavy atom. The third kappa shape index (κ3) is 3.73. The van der Waals surface area contributed by atoms with Gasteiger partial charge < -0.3 is 20.8 Å². The quantitative estimate of drug-likeness (QED) is 0.398. The minimum Gasteiger partial charge on any atom is -0.394 e. The number of nitrogens with one attached hydrogen (secondary N) is 2. The van der Waals surface area contributed by atoms with Gasteiger partial charge in [0.2, 0.25) is 0 Å². The van der Waals surface area contributed by atoms with Gasteiger partial charge in [0.15, 0.2) is 11.5 Å². The van der Waals surface area contributed by atoms with Crippen molar-refractivity contribution in [1.29, 1.82) is 0 Å². The van der Waals surface area contributed by atoms with Gasteiger partial charge in [-0.2, -0.15) is 0 Å². The highest BCUT2D eigenvalue weighted by atomic mass is 19.1. The topological polar surface area (TPSA) is 112 Å². The molecule has 2 aromatic carbocycles. The van der Waals surface area contributed by atoms with Gasteiger partial charge in [-0.25, -0.2) is 14.4 Å². The van der Waals surface area contributed by atoms with Crippen molar-refractivity contribution >= 4 is 34.2 Å². The molecular weight excluding hydrogens is 377 g/mol. The van der Waals surface area contributed by atoms with Gasteiger partial charge in [0.25, 0.3) is 5.91 Å². The zero-order chi connectivity index (χ0) is 20.4. The van der Waals surface area contributed by atoms with E-state index < -0.39 is 18.5 Å². The Kier molecular flexibility index (Phi) is 5.07. The van der Waals surface area contributed by atoms with Crippen molar-refractivity contribution in [3.8, 4) is 0 Å². The van der Waals surface area contributed by atoms with Crippen molar-refractivity contribution in [2.45, 2.75) is 6.10 Å². The number of rotatable bonds is 6. The Morgan fingerprint density at radius 3 is 2.76 bits per heavy atom. The number of anilines is 2. The molecule has 0 radical (unpaired) electrons. The lowest BCUT2D eigenvalue weighted by atomic mass is 10.2. The number of imidazole rings is 1. The van der Waals surface area contributed by atoms with E-state index in [0.29, 0.717) is 33.9 Å². The van der Waals surface area contributed by atoms with Crippen molar-refractivity contribution in [3.63, 3.8) is 0 Å². The number of aliphatic hydroxyl groups excluding tert-OH is 2. The van der Waals surface area contributed by atoms with E-state index in [0.717, 1.165) is 0 Å². The molecule has 0 bridgehead atoms. The molecule has 8 nitrogen and oxygen atoms in total. The van der Waals surface area contributed by atoms with Crippen LogP contribution in [0.25, 0.3) is 16.7 Å². The summed E-state index contributed by atoms with van der Waals surface area (Å²) in [6.07, 6.45) is 0.475. The second kappa shape index (κ2) is 7.82. The van der Waals surface area contributed by atoms with Gasteiger partial charge in [-0.3, -0.25) is 9.20 Å². The van der Waals surface area contributed by atoms with Crippen LogP contribution >= 0.6 is 0 Å². The van der Waals surface area contributed by atoms with E-state index in [4.69, 9.17) is 5.11 Å². The number of amides is 1. The van der Waals surface area contributed by atoms with Crippen LogP contribution in [0, 0.1) is 5.82 Å². The van der Waals surface area contributed by atoms with E-state index in [-0.39, 0.29) is 12.5 Å². The summed E-state index contributed by atoms with van der Waals surface area (Å²) in [4.78, 5) is 21.3. The van der Waals surface area contributed by atoms with Gasteiger partial charge in [0.05, 0.1) is 29.9 Å². The highest BCUT2D eigenvalue weighted by Crippen LogP contribution is 2.26. The molecule has 1 atom stereocenters. The van der Waals surface area contributed by atoms with E-state index in [1.54, 1.807) is 28.7 Å². The maximum Gasteiger partial charge on any atom is 0.256 e. The highest BCUT2D eigenvalue weighted by Gasteiger charge is 2.17. The molecule has 0 spiro atoms. The molecule has 9 heteroatoms. The Bertz CT molecular complexity index is 1180. The molecule has 0 saturated heterocycles. The lowest BCUT2D eigenvalue weighted by molar-refractivity contribution is 0.102. The number of hydrogen-bond acceptors (Lipinski definition) is 6. The SMILES string of the molecule is O=C(Nc1cnc2c(NCC(O)CO)nc3ccc(F)cc3n12)c1ccccc1. The molecule has 0 saturated carbocycles. The van der Waals surface area contributed by atoms with E-state index in [1.807, 2.05) is 6.07 Å². The first-order valence-electron chi connectivity index (χ1n) is 8.92. The molecule has 1 unspecified atom stereocenters. The van der Waals surface area contributed by atoms with E-state index in [9.17, 15) is 14.3 Å². The van der Waals surface area contributed by atoms with Crippen LogP contribution in [0.3, 0.4) is 0 Å². The Balaban J connectivity index is 1.81. The molecule has 1 amide bonds. The van der Waals surface area contributed by atoms with Gasteiger partial charge in [-0.1, -0.05) is 18.2 Å². The fourth-order valence-corrected chi connectivity index (χ4v) is 2.97. The lowest BCUT2D eigenvalue weighted by Gasteiger charge is -2.13. The summed E-state index contributed by atoms with van der Waals surface area (Å²) in [5, 5.41) is 24.4. The molecule has 0 aliphatic heterocycles. The summed E-state index contributed by atoms with van der Waals surface area (Å²) >= 11 is 0. The van der Waals surface area contributed by atoms with Crippen LogP contribution in [0.5, 0.6) is 0 Å². The Hall–Kier alpha value is -3.56. The molecule has 4 N–H and O–H groups in total. The van der Waals surface area contributed by atoms with E-state index >= 15 is 0 Å². The highest BCUT2D eigenvalue weighted by molar-refractivity contribution is 6.04. The maximum atomic E-state index is 13.9. The van der Waals surface area contributed by atoms with Crippen LogP contribution in [0.1, 0.15) is 10.4 Å². The molecule has 2 heterocycles. The molecule has 0 fully saturated rings. The summed E-state index contributed by atoms with van der Waals surface area (Å²) < 4.78 is 15.5. The van der Waals surface area contributed by atoms with Gasteiger partial charge in [-0.15, -0.1) is 0 Å². The Morgan fingerprint density at radius 1 is 1.21 bits per heavy atom. The average molecular weight is 395 g/mol. The second-order valence-electron chi connectivity index (χ2n) is 6.43. The largest absolute Gasteiger partial charge is 0.394 e. The van der Waals surface area contributed by atoms with E-state index in [2.05, 4.69) is 20.6 Å². The van der Waals surface area contributed by atoms with Crippen LogP contribution in [-0.2, 0) is 0 Å². The van der Waals surface area contributed by atoms with Crippen LogP contribution < -0.4 is 10.6 Å². The van der Waals surface area contributed by atoms with Crippen LogP contribution in [-0.4, -0.2) is 49.7 Å². The minimum absolute atomic E-state index is 0.0461. The van der Waals surface area contributed by atoms with Crippen LogP contribution in [0.15, 0.2) is 54.7 Å². The van der Waals surface area contributed by atoms with Gasteiger partial charge in [-0.05, 0) is 24.3 Å². The molecule has 148 valence electrons. The van der Waals surface area contributed by atoms with Gasteiger partial charge in [0.1, 0.15) is 11.6 Å². The summed E-state index contributed by atoms with van der Waals surface area (Å²) in [7, 11) is 0. The number of fused-ring (bicyclic) bond motifs is 3. The van der Waals surface area contributed by atoms with Crippen molar-refractivity contribution in [3.05, 3.63) is 66.1 Å². The van der Waals surface area contributed by atoms with Crippen molar-refractivity contribution in [1.82, 2.24) is 14.4 Å². The van der Waals surface area contributed by atoms with Crippen molar-refractivity contribution in [2.24, 2.45) is 0 Å². The minimum atomic E-state index is -0.979. The number of benzene rings is 2. The molecule has 2 aromatic heterocycles. The van der Waals surface area contributed by atoms with Gasteiger partial charge >= 0.3 is 0 Å². The average Bonchev–Trinajstić information content (AvgIpc) is 3.16. The van der Waals surface area contributed by atoms with E-state index in [1.165, 1.54) is 24.4 Å². The monoisotopic (exact) mass is 395 g/mol. The third-order valence-corrected chi connectivity index (χ3v) is 4.38. The standard InChI is InChI=1S/C20H18FN5O3/c21-13-6-7-15-16(8-13)26-17(25-20(29)12-4-2-1-3-5-12)10-23-19(26)18(24-15)22-9-14(28)11-27/h1-8,10,14,27-28H,9,11H2,(H,22,24)(H,25,29). The normalized spacial score (nSPS) is 12.2. The number of carbonyl (C=O) groups excluding carboxylic acids is 1. The summed E-state index contributed by atoms with van der Waals surface area (Å²) in [5.41, 5.74) is 1.70. The van der Waals surface area contributed by atoms with Crippen LogP contribution in [0.4, 0.5) is 16.0 Å². The number of aliphatic hydroxyl groups is 2. The number of aromatic nitrogens is 3. The Labute approximate surface area is 164 Å². The zero-order valence-corrected chi connectivity index (χ0v) is 15.2. The first-order valence-corrected chi connectivity index (χ1v) is 8.92. The predicted molar refractivity (Wildman–Crippen MR) is 106 cm³/mol. The van der Waals surface area contributed by atoms with Crippen molar-refractivity contribution in [2.75, 3.05) is 23.8 Å². The smallest absolute Gasteiger partial charge is 0.256 e. The van der Waals surface area contributed by atoms with Gasteiger partial charge in [0, 0.05) is 18.2 Å². The predicted octanol–water partition coefficient (Wildman–Crippen LogP) is 2.04. The molecule has 0 aliphatic rings. The number of nitrogens with zero attached hydrogens (tertiary/aromatic N) is 3.